The third-order valence-electron chi connectivity index (χ3n) is 7.53. The van der Waals surface area contributed by atoms with E-state index in [1.54, 1.807) is 36.4 Å². The summed E-state index contributed by atoms with van der Waals surface area (Å²) in [6.45, 7) is 6.25. The number of amides is 1. The highest BCUT2D eigenvalue weighted by Gasteiger charge is 2.34. The Labute approximate surface area is 221 Å². The molecule has 1 fully saturated rings. The number of aliphatic hydroxyl groups is 1. The Morgan fingerprint density at radius 2 is 1.73 bits per heavy atom. The molecule has 3 unspecified atom stereocenters. The van der Waals surface area contributed by atoms with Gasteiger partial charge in [0.2, 0.25) is 15.9 Å². The van der Waals surface area contributed by atoms with E-state index in [4.69, 9.17) is 0 Å². The van der Waals surface area contributed by atoms with Crippen LogP contribution in [0.5, 0.6) is 0 Å². The molecule has 0 heterocycles. The molecule has 1 saturated carbocycles. The first-order valence-electron chi connectivity index (χ1n) is 13.0. The summed E-state index contributed by atoms with van der Waals surface area (Å²) < 4.78 is 53.1. The molecule has 1 aliphatic carbocycles. The van der Waals surface area contributed by atoms with Gasteiger partial charge in [0.1, 0.15) is 6.04 Å². The van der Waals surface area contributed by atoms with Gasteiger partial charge in [0.05, 0.1) is 29.0 Å². The largest absolute Gasteiger partial charge is 0.391 e. The molecule has 37 heavy (non-hydrogen) atoms. The molecule has 2 aromatic rings. The minimum Gasteiger partial charge on any atom is -0.391 e. The van der Waals surface area contributed by atoms with Gasteiger partial charge >= 0.3 is 0 Å². The van der Waals surface area contributed by atoms with E-state index in [1.165, 1.54) is 6.07 Å². The summed E-state index contributed by atoms with van der Waals surface area (Å²) in [5, 5.41) is 14.9. The molecule has 8 nitrogen and oxygen atoms in total. The zero-order valence-corrected chi connectivity index (χ0v) is 23.7. The Balaban J connectivity index is 1.79. The number of aliphatic hydroxyl groups excluding tert-OH is 1. The highest BCUT2D eigenvalue weighted by molar-refractivity contribution is 7.92. The highest BCUT2D eigenvalue weighted by atomic mass is 32.2. The summed E-state index contributed by atoms with van der Waals surface area (Å²) in [4.78, 5) is 13.3. The van der Waals surface area contributed by atoms with Crippen molar-refractivity contribution >= 4 is 36.5 Å². The second-order valence-electron chi connectivity index (χ2n) is 10.7. The van der Waals surface area contributed by atoms with Crippen LogP contribution < -0.4 is 10.0 Å². The minimum atomic E-state index is -4.05. The van der Waals surface area contributed by atoms with Crippen LogP contribution in [0.1, 0.15) is 52.9 Å². The number of benzene rings is 2. The Kier molecular flexibility index (Phi) is 9.77. The van der Waals surface area contributed by atoms with Crippen LogP contribution in [0.15, 0.2) is 47.4 Å². The molecule has 0 saturated heterocycles. The summed E-state index contributed by atoms with van der Waals surface area (Å²) in [6, 6.07) is 9.67. The predicted octanol–water partition coefficient (Wildman–Crippen LogP) is 3.25. The number of hydrogen-bond acceptors (Lipinski definition) is 6. The number of carbonyl (C=O) groups is 1. The van der Waals surface area contributed by atoms with E-state index < -0.39 is 49.7 Å². The zero-order valence-electron chi connectivity index (χ0n) is 22.1. The van der Waals surface area contributed by atoms with Crippen LogP contribution in [0.2, 0.25) is 0 Å². The standard InChI is InChI=1S/C27H40N2O6S2/c1-5-23(25(30)16-21-14-13-18(2)15-19(21)3)28-27(31)24(29-36(4,32)33)17-37(34,35)26-12-8-10-20-9-6-7-11-22(20)26/h6-12,18-19,21,23-25,29-30H,5,13-17H2,1-4H3,(H,28,31)/t18?,19?,21?,23-,24+,25+/m0/s1. The van der Waals surface area contributed by atoms with Gasteiger partial charge in [-0.25, -0.2) is 21.6 Å². The molecule has 0 aromatic heterocycles. The van der Waals surface area contributed by atoms with Crippen molar-refractivity contribution in [3.05, 3.63) is 42.5 Å². The van der Waals surface area contributed by atoms with E-state index in [0.717, 1.165) is 30.9 Å². The van der Waals surface area contributed by atoms with Crippen molar-refractivity contribution in [2.75, 3.05) is 12.0 Å². The van der Waals surface area contributed by atoms with Crippen molar-refractivity contribution in [2.45, 2.75) is 76.0 Å². The molecule has 6 atom stereocenters. The second kappa shape index (κ2) is 12.2. The van der Waals surface area contributed by atoms with Crippen molar-refractivity contribution < 1.29 is 26.7 Å². The van der Waals surface area contributed by atoms with E-state index in [2.05, 4.69) is 23.9 Å². The Bertz CT molecular complexity index is 1290. The number of fused-ring (bicyclic) bond motifs is 1. The number of nitrogens with one attached hydrogen (secondary N) is 2. The third-order valence-corrected chi connectivity index (χ3v) is 10.0. The smallest absolute Gasteiger partial charge is 0.239 e. The Morgan fingerprint density at radius 1 is 1.05 bits per heavy atom. The average molecular weight is 553 g/mol. The fourth-order valence-corrected chi connectivity index (χ4v) is 7.98. The zero-order chi connectivity index (χ0) is 27.4. The van der Waals surface area contributed by atoms with E-state index in [1.807, 2.05) is 6.92 Å². The summed E-state index contributed by atoms with van der Waals surface area (Å²) in [5.41, 5.74) is 0. The van der Waals surface area contributed by atoms with Crippen LogP contribution in [0.4, 0.5) is 0 Å². The van der Waals surface area contributed by atoms with Crippen LogP contribution >= 0.6 is 0 Å². The third kappa shape index (κ3) is 7.99. The molecule has 1 amide bonds. The fourth-order valence-electron chi connectivity index (χ4n) is 5.50. The molecular formula is C27H40N2O6S2. The SMILES string of the molecule is CC[C@H](NC(=O)[C@@H](CS(=O)(=O)c1cccc2ccccc12)NS(C)(=O)=O)[C@H](O)CC1CCC(C)CC1C. The van der Waals surface area contributed by atoms with Crippen molar-refractivity contribution in [3.63, 3.8) is 0 Å². The number of sulfonamides is 1. The fraction of sp³-hybridized carbons (Fsp3) is 0.593. The molecule has 0 bridgehead atoms. The summed E-state index contributed by atoms with van der Waals surface area (Å²) in [5.74, 6) is -0.0442. The minimum absolute atomic E-state index is 0.0336. The van der Waals surface area contributed by atoms with E-state index >= 15 is 0 Å². The maximum atomic E-state index is 13.4. The van der Waals surface area contributed by atoms with Crippen molar-refractivity contribution in [1.29, 1.82) is 0 Å². The van der Waals surface area contributed by atoms with E-state index in [-0.39, 0.29) is 4.90 Å². The van der Waals surface area contributed by atoms with Gasteiger partial charge in [-0.2, -0.15) is 0 Å². The van der Waals surface area contributed by atoms with Gasteiger partial charge in [-0.3, -0.25) is 4.79 Å². The Hall–Kier alpha value is -2.01. The molecule has 3 rings (SSSR count). The van der Waals surface area contributed by atoms with E-state index in [0.29, 0.717) is 36.0 Å². The van der Waals surface area contributed by atoms with Gasteiger partial charge in [-0.15, -0.1) is 0 Å². The van der Waals surface area contributed by atoms with Crippen molar-refractivity contribution in [2.24, 2.45) is 17.8 Å². The molecule has 0 aliphatic heterocycles. The van der Waals surface area contributed by atoms with Gasteiger partial charge in [0, 0.05) is 5.39 Å². The van der Waals surface area contributed by atoms with Crippen LogP contribution in [0.25, 0.3) is 10.8 Å². The quantitative estimate of drug-likeness (QED) is 0.392. The lowest BCUT2D eigenvalue weighted by atomic mass is 9.73. The number of sulfone groups is 1. The maximum absolute atomic E-state index is 13.4. The molecule has 0 radical (unpaired) electrons. The van der Waals surface area contributed by atoms with Crippen LogP contribution in [-0.4, -0.2) is 58.0 Å². The molecule has 2 aromatic carbocycles. The lowest BCUT2D eigenvalue weighted by Gasteiger charge is -2.35. The lowest BCUT2D eigenvalue weighted by molar-refractivity contribution is -0.124. The van der Waals surface area contributed by atoms with Gasteiger partial charge in [-0.1, -0.05) is 63.6 Å². The second-order valence-corrected chi connectivity index (χ2v) is 14.5. The molecule has 0 spiro atoms. The summed E-state index contributed by atoms with van der Waals surface area (Å²) in [6.07, 6.45) is 4.26. The molecule has 3 N–H and O–H groups in total. The van der Waals surface area contributed by atoms with Crippen molar-refractivity contribution in [1.82, 2.24) is 10.0 Å². The first-order chi connectivity index (χ1) is 17.3. The number of rotatable bonds is 11. The van der Waals surface area contributed by atoms with Gasteiger partial charge in [-0.05, 0) is 54.9 Å². The normalized spacial score (nSPS) is 23.3. The van der Waals surface area contributed by atoms with Gasteiger partial charge in [0.15, 0.2) is 9.84 Å². The topological polar surface area (TPSA) is 130 Å². The first kappa shape index (κ1) is 29.5. The van der Waals surface area contributed by atoms with Gasteiger partial charge < -0.3 is 10.4 Å². The maximum Gasteiger partial charge on any atom is 0.239 e. The lowest BCUT2D eigenvalue weighted by Crippen LogP contribution is -2.54. The number of carbonyl (C=O) groups excluding carboxylic acids is 1. The van der Waals surface area contributed by atoms with Crippen LogP contribution in [-0.2, 0) is 24.7 Å². The van der Waals surface area contributed by atoms with Crippen LogP contribution in [0, 0.1) is 17.8 Å². The molecular weight excluding hydrogens is 512 g/mol. The highest BCUT2D eigenvalue weighted by Crippen LogP contribution is 2.36. The average Bonchev–Trinajstić information content (AvgIpc) is 2.82. The molecule has 10 heteroatoms. The summed E-state index contributed by atoms with van der Waals surface area (Å²) in [7, 11) is -7.95. The van der Waals surface area contributed by atoms with Crippen molar-refractivity contribution in [3.8, 4) is 0 Å². The molecule has 206 valence electrons. The van der Waals surface area contributed by atoms with Gasteiger partial charge in [0.25, 0.3) is 0 Å². The first-order valence-corrected chi connectivity index (χ1v) is 16.5. The monoisotopic (exact) mass is 552 g/mol. The van der Waals surface area contributed by atoms with Crippen LogP contribution in [0.3, 0.4) is 0 Å². The van der Waals surface area contributed by atoms with E-state index in [9.17, 15) is 26.7 Å². The Morgan fingerprint density at radius 3 is 2.38 bits per heavy atom. The number of hydrogen-bond donors (Lipinski definition) is 3. The summed E-state index contributed by atoms with van der Waals surface area (Å²) >= 11 is 0. The molecule has 1 aliphatic rings. The predicted molar refractivity (Wildman–Crippen MR) is 146 cm³/mol.